The summed E-state index contributed by atoms with van der Waals surface area (Å²) in [7, 11) is 1.39. The first-order valence-electron chi connectivity index (χ1n) is 11.2. The molecule has 12 nitrogen and oxygen atoms in total. The van der Waals surface area contributed by atoms with E-state index in [0.29, 0.717) is 22.6 Å². The molecule has 0 saturated carbocycles. The zero-order chi connectivity index (χ0) is 26.5. The van der Waals surface area contributed by atoms with Crippen molar-refractivity contribution in [3.63, 3.8) is 0 Å². The van der Waals surface area contributed by atoms with Gasteiger partial charge in [0.2, 0.25) is 11.8 Å². The Morgan fingerprint density at radius 2 is 1.80 bits per heavy atom. The quantitative estimate of drug-likeness (QED) is 0.155. The van der Waals surface area contributed by atoms with Gasteiger partial charge in [0.05, 0.1) is 6.54 Å². The SMILES string of the molecule is CCCCCC(=O)NC(CN(C(C)=O)N1C(=O)N(C)C(C)(c2ccc(C(=N)N)cc2)C1=O)C(=O)O. The van der Waals surface area contributed by atoms with E-state index in [1.54, 1.807) is 12.1 Å². The van der Waals surface area contributed by atoms with Crippen molar-refractivity contribution in [1.29, 1.82) is 5.41 Å². The van der Waals surface area contributed by atoms with Crippen molar-refractivity contribution in [3.05, 3.63) is 35.4 Å². The zero-order valence-electron chi connectivity index (χ0n) is 20.3. The normalized spacial score (nSPS) is 18.4. The van der Waals surface area contributed by atoms with E-state index in [4.69, 9.17) is 11.1 Å². The number of unbranched alkanes of at least 4 members (excludes halogenated alkanes) is 2. The van der Waals surface area contributed by atoms with Crippen molar-refractivity contribution in [2.24, 2.45) is 5.73 Å². The summed E-state index contributed by atoms with van der Waals surface area (Å²) >= 11 is 0. The Hall–Kier alpha value is -3.96. The summed E-state index contributed by atoms with van der Waals surface area (Å²) in [6.07, 6.45) is 2.40. The lowest BCUT2D eigenvalue weighted by Gasteiger charge is -2.31. The van der Waals surface area contributed by atoms with Crippen LogP contribution in [0.5, 0.6) is 0 Å². The molecule has 5 N–H and O–H groups in total. The highest BCUT2D eigenvalue weighted by Crippen LogP contribution is 2.37. The third kappa shape index (κ3) is 5.58. The number of hydrogen-bond acceptors (Lipinski definition) is 6. The summed E-state index contributed by atoms with van der Waals surface area (Å²) in [5.41, 5.74) is 4.81. The van der Waals surface area contributed by atoms with E-state index in [-0.39, 0.29) is 12.3 Å². The number of amidine groups is 1. The number of nitrogens with one attached hydrogen (secondary N) is 2. The molecule has 0 aromatic heterocycles. The Kier molecular flexibility index (Phi) is 8.56. The Morgan fingerprint density at radius 3 is 2.29 bits per heavy atom. The summed E-state index contributed by atoms with van der Waals surface area (Å²) in [6.45, 7) is 3.95. The number of carbonyl (C=O) groups excluding carboxylic acids is 4. The van der Waals surface area contributed by atoms with Crippen LogP contribution in [0.4, 0.5) is 4.79 Å². The van der Waals surface area contributed by atoms with Crippen molar-refractivity contribution in [2.45, 2.75) is 58.0 Å². The topological polar surface area (TPSA) is 177 Å². The number of benzene rings is 1. The number of carboxylic acid groups (broad SMARTS) is 1. The number of urea groups is 1. The fourth-order valence-corrected chi connectivity index (χ4v) is 3.79. The van der Waals surface area contributed by atoms with Gasteiger partial charge in [-0.2, -0.15) is 5.01 Å². The molecule has 0 radical (unpaired) electrons. The van der Waals surface area contributed by atoms with Crippen LogP contribution in [-0.2, 0) is 24.7 Å². The molecule has 0 bridgehead atoms. The zero-order valence-corrected chi connectivity index (χ0v) is 20.3. The first-order valence-corrected chi connectivity index (χ1v) is 11.2. The molecule has 1 aromatic carbocycles. The van der Waals surface area contributed by atoms with Gasteiger partial charge in [0, 0.05) is 26.0 Å². The van der Waals surface area contributed by atoms with Crippen LogP contribution in [-0.4, -0.2) is 75.2 Å². The maximum Gasteiger partial charge on any atom is 0.347 e. The summed E-state index contributed by atoms with van der Waals surface area (Å²) in [6, 6.07) is 3.82. The molecule has 2 unspecified atom stereocenters. The van der Waals surface area contributed by atoms with Crippen LogP contribution in [0.1, 0.15) is 57.6 Å². The third-order valence-electron chi connectivity index (χ3n) is 6.11. The van der Waals surface area contributed by atoms with Gasteiger partial charge in [0.25, 0.3) is 5.91 Å². The van der Waals surface area contributed by atoms with Gasteiger partial charge >= 0.3 is 12.0 Å². The van der Waals surface area contributed by atoms with Crippen molar-refractivity contribution in [3.8, 4) is 0 Å². The molecule has 0 aliphatic carbocycles. The minimum absolute atomic E-state index is 0.121. The smallest absolute Gasteiger partial charge is 0.347 e. The van der Waals surface area contributed by atoms with E-state index in [1.807, 2.05) is 6.92 Å². The van der Waals surface area contributed by atoms with E-state index >= 15 is 0 Å². The van der Waals surface area contributed by atoms with E-state index < -0.39 is 47.8 Å². The molecule has 2 atom stereocenters. The highest BCUT2D eigenvalue weighted by Gasteiger charge is 2.56. The molecular weight excluding hydrogens is 456 g/mol. The first kappa shape index (κ1) is 27.3. The van der Waals surface area contributed by atoms with Crippen LogP contribution in [0, 0.1) is 5.41 Å². The van der Waals surface area contributed by atoms with Crippen LogP contribution in [0.15, 0.2) is 24.3 Å². The number of amides is 5. The third-order valence-corrected chi connectivity index (χ3v) is 6.11. The number of nitrogens with zero attached hydrogens (tertiary/aromatic N) is 3. The molecule has 190 valence electrons. The van der Waals surface area contributed by atoms with Crippen molar-refractivity contribution >= 4 is 35.6 Å². The number of hydrogen-bond donors (Lipinski definition) is 4. The predicted octanol–water partition coefficient (Wildman–Crippen LogP) is 0.993. The Bertz CT molecular complexity index is 1030. The minimum Gasteiger partial charge on any atom is -0.480 e. The summed E-state index contributed by atoms with van der Waals surface area (Å²) in [5, 5.41) is 20.9. The van der Waals surface area contributed by atoms with E-state index in [1.165, 1.54) is 26.1 Å². The molecule has 1 fully saturated rings. The molecule has 1 saturated heterocycles. The molecule has 5 amide bonds. The lowest BCUT2D eigenvalue weighted by atomic mass is 9.90. The molecule has 2 rings (SSSR count). The molecule has 35 heavy (non-hydrogen) atoms. The maximum absolute atomic E-state index is 13.5. The van der Waals surface area contributed by atoms with Gasteiger partial charge < -0.3 is 21.1 Å². The Morgan fingerprint density at radius 1 is 1.20 bits per heavy atom. The van der Waals surface area contributed by atoms with Gasteiger partial charge in [-0.05, 0) is 18.9 Å². The van der Waals surface area contributed by atoms with E-state index in [9.17, 15) is 29.1 Å². The fourth-order valence-electron chi connectivity index (χ4n) is 3.79. The number of nitrogens with two attached hydrogens (primary N) is 1. The summed E-state index contributed by atoms with van der Waals surface area (Å²) < 4.78 is 0. The van der Waals surface area contributed by atoms with Crippen LogP contribution >= 0.6 is 0 Å². The van der Waals surface area contributed by atoms with Crippen LogP contribution in [0.2, 0.25) is 0 Å². The van der Waals surface area contributed by atoms with Gasteiger partial charge in [-0.15, -0.1) is 0 Å². The largest absolute Gasteiger partial charge is 0.480 e. The highest BCUT2D eigenvalue weighted by molar-refractivity contribution is 6.08. The second kappa shape index (κ2) is 11.0. The molecule has 1 heterocycles. The number of likely N-dealkylation sites (N-methyl/N-ethyl adjacent to an activating group) is 1. The van der Waals surface area contributed by atoms with Crippen molar-refractivity contribution in [2.75, 3.05) is 13.6 Å². The average Bonchev–Trinajstić information content (AvgIpc) is 2.97. The lowest BCUT2D eigenvalue weighted by molar-refractivity contribution is -0.158. The predicted molar refractivity (Wildman–Crippen MR) is 126 cm³/mol. The number of aliphatic carboxylic acids is 1. The Labute approximate surface area is 203 Å². The summed E-state index contributed by atoms with van der Waals surface area (Å²) in [5.74, 6) is -3.59. The van der Waals surface area contributed by atoms with Gasteiger partial charge in [-0.1, -0.05) is 44.0 Å². The van der Waals surface area contributed by atoms with Crippen LogP contribution < -0.4 is 11.1 Å². The highest BCUT2D eigenvalue weighted by atomic mass is 16.4. The second-order valence-electron chi connectivity index (χ2n) is 8.54. The van der Waals surface area contributed by atoms with Crippen LogP contribution in [0.25, 0.3) is 0 Å². The molecule has 0 spiro atoms. The Balaban J connectivity index is 2.34. The molecule has 1 aliphatic heterocycles. The lowest BCUT2D eigenvalue weighted by Crippen LogP contribution is -2.57. The molecule has 1 aliphatic rings. The molecule has 1 aromatic rings. The monoisotopic (exact) mass is 488 g/mol. The second-order valence-corrected chi connectivity index (χ2v) is 8.54. The summed E-state index contributed by atoms with van der Waals surface area (Å²) in [4.78, 5) is 64.3. The maximum atomic E-state index is 13.5. The number of imide groups is 1. The number of hydrazine groups is 1. The van der Waals surface area contributed by atoms with Gasteiger partial charge in [0.15, 0.2) is 0 Å². The van der Waals surface area contributed by atoms with Gasteiger partial charge in [0.1, 0.15) is 17.4 Å². The number of rotatable bonds is 11. The fraction of sp³-hybridized carbons (Fsp3) is 0.478. The standard InChI is InChI=1S/C23H32N6O6/c1-5-6-7-8-18(31)26-17(20(32)33)13-28(14(2)30)29-21(34)23(3,27(4)22(29)35)16-11-9-15(10-12-16)19(24)25/h9-12,17H,5-8,13H2,1-4H3,(H3,24,25)(H,26,31)(H,32,33). The van der Waals surface area contributed by atoms with Crippen molar-refractivity contribution in [1.82, 2.24) is 20.2 Å². The first-order chi connectivity index (χ1) is 16.4. The average molecular weight is 489 g/mol. The van der Waals surface area contributed by atoms with E-state index in [2.05, 4.69) is 5.32 Å². The number of nitrogen functional groups attached to an aromatic ring is 1. The number of carbonyl (C=O) groups is 5. The van der Waals surface area contributed by atoms with Gasteiger partial charge in [-0.3, -0.25) is 19.8 Å². The van der Waals surface area contributed by atoms with Crippen molar-refractivity contribution < 1.29 is 29.1 Å². The van der Waals surface area contributed by atoms with Gasteiger partial charge in [-0.25, -0.2) is 14.6 Å². The van der Waals surface area contributed by atoms with Crippen LogP contribution in [0.3, 0.4) is 0 Å². The number of carboxylic acids is 1. The van der Waals surface area contributed by atoms with E-state index in [0.717, 1.165) is 29.7 Å². The minimum atomic E-state index is -1.53. The molecular formula is C23H32N6O6. The molecule has 12 heteroatoms.